The molecule has 0 saturated heterocycles. The first-order valence-corrected chi connectivity index (χ1v) is 24.1. The molecule has 0 amide bonds. The molecule has 0 N–H and O–H groups in total. The van der Waals surface area contributed by atoms with Gasteiger partial charge in [0.15, 0.2) is 0 Å². The topological polar surface area (TPSA) is 22.9 Å². The maximum Gasteiger partial charge on any atom is 0.297 e. The van der Waals surface area contributed by atoms with Gasteiger partial charge in [-0.2, -0.15) is 0 Å². The van der Waals surface area contributed by atoms with Crippen molar-refractivity contribution in [3.05, 3.63) is 198 Å². The fraction of sp³-hybridized carbons (Fsp3) is 0.226. The first-order chi connectivity index (χ1) is 32.1. The first-order valence-electron chi connectivity index (χ1n) is 24.1. The second kappa shape index (κ2) is 15.8. The molecule has 3 aliphatic rings. The molecule has 0 bridgehead atoms. The summed E-state index contributed by atoms with van der Waals surface area (Å²) in [5.74, 6) is 0. The molecular formula is C62H60BN3O. The molecule has 7 aromatic carbocycles. The van der Waals surface area contributed by atoms with Crippen molar-refractivity contribution in [2.75, 3.05) is 14.7 Å². The number of benzene rings is 7. The maximum atomic E-state index is 7.18. The van der Waals surface area contributed by atoms with Crippen molar-refractivity contribution in [1.82, 2.24) is 0 Å². The van der Waals surface area contributed by atoms with Crippen molar-refractivity contribution < 1.29 is 4.42 Å². The summed E-state index contributed by atoms with van der Waals surface area (Å²) in [6.07, 6.45) is 6.73. The lowest BCUT2D eigenvalue weighted by Gasteiger charge is -2.43. The van der Waals surface area contributed by atoms with Crippen LogP contribution in [-0.4, -0.2) is 6.71 Å². The van der Waals surface area contributed by atoms with Crippen molar-refractivity contribution in [2.24, 2.45) is 5.41 Å². The van der Waals surface area contributed by atoms with E-state index in [1.807, 2.05) is 0 Å². The van der Waals surface area contributed by atoms with Crippen LogP contribution in [0.5, 0.6) is 0 Å². The normalized spacial score (nSPS) is 14.6. The lowest BCUT2D eigenvalue weighted by Crippen LogP contribution is -2.61. The Morgan fingerprint density at radius 2 is 1.12 bits per heavy atom. The summed E-state index contributed by atoms with van der Waals surface area (Å²) in [4.78, 5) is 7.45. The zero-order chi connectivity index (χ0) is 46.4. The fourth-order valence-electron chi connectivity index (χ4n) is 10.6. The van der Waals surface area contributed by atoms with E-state index in [1.165, 1.54) is 44.4 Å². The first kappa shape index (κ1) is 42.6. The quantitative estimate of drug-likeness (QED) is 0.155. The van der Waals surface area contributed by atoms with Crippen LogP contribution in [0.3, 0.4) is 0 Å². The summed E-state index contributed by atoms with van der Waals surface area (Å²) in [6, 6.07) is 60.8. The molecule has 3 heterocycles. The minimum atomic E-state index is -0.146. The van der Waals surface area contributed by atoms with E-state index in [0.29, 0.717) is 0 Å². The molecule has 0 radical (unpaired) electrons. The van der Waals surface area contributed by atoms with E-state index < -0.39 is 0 Å². The van der Waals surface area contributed by atoms with Crippen LogP contribution in [0.25, 0.3) is 22.1 Å². The largest absolute Gasteiger partial charge is 0.468 e. The molecule has 11 rings (SSSR count). The predicted octanol–water partition coefficient (Wildman–Crippen LogP) is 15.6. The van der Waals surface area contributed by atoms with Gasteiger partial charge in [0.1, 0.15) is 5.58 Å². The summed E-state index contributed by atoms with van der Waals surface area (Å²) in [5.41, 5.74) is 21.5. The Bertz CT molecular complexity index is 3250. The average Bonchev–Trinajstić information content (AvgIpc) is 3.71. The molecule has 332 valence electrons. The number of para-hydroxylation sites is 2. The minimum absolute atomic E-state index is 0.0539. The Morgan fingerprint density at radius 1 is 0.493 bits per heavy atom. The van der Waals surface area contributed by atoms with Gasteiger partial charge < -0.3 is 19.1 Å². The monoisotopic (exact) mass is 873 g/mol. The number of nitrogens with zero attached hydrogens (tertiary/aromatic N) is 3. The second-order valence-electron chi connectivity index (χ2n) is 21.8. The Labute approximate surface area is 398 Å². The van der Waals surface area contributed by atoms with Crippen molar-refractivity contribution in [3.8, 4) is 11.1 Å². The van der Waals surface area contributed by atoms with Crippen molar-refractivity contribution in [2.45, 2.75) is 86.0 Å². The molecule has 67 heavy (non-hydrogen) atoms. The smallest absolute Gasteiger partial charge is 0.297 e. The molecule has 2 aliphatic heterocycles. The van der Waals surface area contributed by atoms with E-state index in [9.17, 15) is 0 Å². The van der Waals surface area contributed by atoms with Gasteiger partial charge in [-0.05, 0) is 141 Å². The van der Waals surface area contributed by atoms with Crippen LogP contribution in [0.2, 0.25) is 0 Å². The molecule has 4 nitrogen and oxygen atoms in total. The van der Waals surface area contributed by atoms with Crippen molar-refractivity contribution >= 4 is 79.8 Å². The van der Waals surface area contributed by atoms with Crippen LogP contribution < -0.4 is 31.3 Å². The molecule has 1 aromatic heterocycles. The molecular weight excluding hydrogens is 814 g/mol. The highest BCUT2D eigenvalue weighted by molar-refractivity contribution is 7.00. The number of furan rings is 1. The van der Waals surface area contributed by atoms with Crippen LogP contribution in [0.1, 0.15) is 86.3 Å². The van der Waals surface area contributed by atoms with Gasteiger partial charge in [-0.25, -0.2) is 0 Å². The zero-order valence-corrected chi connectivity index (χ0v) is 40.5. The van der Waals surface area contributed by atoms with Gasteiger partial charge in [-0.3, -0.25) is 0 Å². The van der Waals surface area contributed by atoms with Crippen molar-refractivity contribution in [1.29, 1.82) is 0 Å². The molecule has 5 heteroatoms. The average molecular weight is 874 g/mol. The molecule has 0 unspecified atom stereocenters. The summed E-state index contributed by atoms with van der Waals surface area (Å²) in [5, 5.41) is 1.11. The van der Waals surface area contributed by atoms with Gasteiger partial charge in [-0.1, -0.05) is 165 Å². The Balaban J connectivity index is 1.12. The molecule has 0 atom stereocenters. The summed E-state index contributed by atoms with van der Waals surface area (Å²) >= 11 is 0. The van der Waals surface area contributed by atoms with Gasteiger partial charge in [0.2, 0.25) is 0 Å². The minimum Gasteiger partial charge on any atom is -0.468 e. The molecule has 0 saturated carbocycles. The molecule has 1 aliphatic carbocycles. The maximum absolute atomic E-state index is 7.18. The van der Waals surface area contributed by atoms with Crippen LogP contribution in [0.15, 0.2) is 192 Å². The van der Waals surface area contributed by atoms with E-state index in [-0.39, 0.29) is 23.0 Å². The van der Waals surface area contributed by atoms with E-state index >= 15 is 0 Å². The summed E-state index contributed by atoms with van der Waals surface area (Å²) in [7, 11) is 0. The third kappa shape index (κ3) is 7.40. The van der Waals surface area contributed by atoms with Crippen LogP contribution >= 0.6 is 0 Å². The number of anilines is 8. The SMILES string of the molecule is CC(C)(C)C1=CC=C(N(c2ccc(C(C)(C)C)cc2)c2ccc3c(c2)N(c2ccccc2)c2cccc4c2B3c2oc3ccccc3c2N4c2cccc(-c3ccc(C(C)(C)C)cc3)c2)CC1. The van der Waals surface area contributed by atoms with E-state index in [0.717, 1.165) is 75.0 Å². The van der Waals surface area contributed by atoms with Gasteiger partial charge in [0.25, 0.3) is 6.71 Å². The van der Waals surface area contributed by atoms with Gasteiger partial charge >= 0.3 is 0 Å². The predicted molar refractivity (Wildman–Crippen MR) is 287 cm³/mol. The van der Waals surface area contributed by atoms with E-state index in [2.05, 4.69) is 253 Å². The number of hydrogen-bond donors (Lipinski definition) is 0. The molecule has 0 spiro atoms. The van der Waals surface area contributed by atoms with Crippen LogP contribution in [-0.2, 0) is 10.8 Å². The van der Waals surface area contributed by atoms with Gasteiger partial charge in [0.05, 0.1) is 11.3 Å². The van der Waals surface area contributed by atoms with Crippen LogP contribution in [0, 0.1) is 5.41 Å². The Kier molecular flexibility index (Phi) is 10.1. The highest BCUT2D eigenvalue weighted by Gasteiger charge is 2.46. The van der Waals surface area contributed by atoms with Crippen molar-refractivity contribution in [3.63, 3.8) is 0 Å². The third-order valence-corrected chi connectivity index (χ3v) is 14.3. The number of fused-ring (bicyclic) bond motifs is 6. The highest BCUT2D eigenvalue weighted by atomic mass is 16.3. The highest BCUT2D eigenvalue weighted by Crippen LogP contribution is 2.48. The zero-order valence-electron chi connectivity index (χ0n) is 40.5. The number of rotatable bonds is 6. The van der Waals surface area contributed by atoms with E-state index in [1.54, 1.807) is 0 Å². The fourth-order valence-corrected chi connectivity index (χ4v) is 10.6. The van der Waals surface area contributed by atoms with Gasteiger partial charge in [-0.15, -0.1) is 0 Å². The number of allylic oxidation sites excluding steroid dienone is 4. The lowest BCUT2D eigenvalue weighted by molar-refractivity contribution is 0.479. The third-order valence-electron chi connectivity index (χ3n) is 14.3. The standard InChI is InChI=1S/C62H60BN3O/c1-60(2,3)43-27-25-41(26-28-43)42-17-15-20-49(39-42)66-54-23-16-22-53-57(54)63(59-58(66)51-21-13-14-24-56(51)67-59)52-38-37-50(40-55(52)65(53)46-18-11-10-12-19-46)64(47-33-29-44(30-34-47)61(4,5)6)48-35-31-45(32-36-48)62(7,8)9/h10-31,33-35,37-40H,32,36H2,1-9H3. The number of hydrogen-bond acceptors (Lipinski definition) is 4. The Hall–Kier alpha value is -6.98. The van der Waals surface area contributed by atoms with Crippen LogP contribution in [0.4, 0.5) is 45.5 Å². The lowest BCUT2D eigenvalue weighted by atomic mass is 9.35. The summed E-state index contributed by atoms with van der Waals surface area (Å²) < 4.78 is 7.18. The van der Waals surface area contributed by atoms with Gasteiger partial charge in [0, 0.05) is 50.9 Å². The van der Waals surface area contributed by atoms with E-state index in [4.69, 9.17) is 4.42 Å². The molecule has 8 aromatic rings. The second-order valence-corrected chi connectivity index (χ2v) is 21.8. The summed E-state index contributed by atoms with van der Waals surface area (Å²) in [6.45, 7) is 20.5. The Morgan fingerprint density at radius 3 is 1.79 bits per heavy atom. The molecule has 0 fully saturated rings.